The van der Waals surface area contributed by atoms with Gasteiger partial charge in [-0.2, -0.15) is 0 Å². The standard InChI is InChI=1S/C5H4FNOS/c6-4-2-9-1-3(4)5(7)8/h1-2H,(H2,7,8). The van der Waals surface area contributed by atoms with E-state index in [4.69, 9.17) is 5.73 Å². The molecule has 0 radical (unpaired) electrons. The predicted molar refractivity (Wildman–Crippen MR) is 32.8 cm³/mol. The third kappa shape index (κ3) is 1.08. The van der Waals surface area contributed by atoms with E-state index in [0.717, 1.165) is 11.3 Å². The van der Waals surface area contributed by atoms with Crippen molar-refractivity contribution in [3.63, 3.8) is 0 Å². The van der Waals surface area contributed by atoms with Gasteiger partial charge in [-0.1, -0.05) is 0 Å². The average molecular weight is 145 g/mol. The second-order valence-electron chi connectivity index (χ2n) is 1.50. The van der Waals surface area contributed by atoms with Crippen LogP contribution in [0.4, 0.5) is 4.39 Å². The molecule has 0 aromatic carbocycles. The lowest BCUT2D eigenvalue weighted by molar-refractivity contribution is 0.0997. The molecular weight excluding hydrogens is 141 g/mol. The van der Waals surface area contributed by atoms with Gasteiger partial charge in [-0.3, -0.25) is 4.79 Å². The van der Waals surface area contributed by atoms with Crippen LogP contribution >= 0.6 is 11.3 Å². The van der Waals surface area contributed by atoms with Gasteiger partial charge in [0.25, 0.3) is 5.91 Å². The smallest absolute Gasteiger partial charge is 0.252 e. The maximum atomic E-state index is 12.3. The zero-order valence-corrected chi connectivity index (χ0v) is 5.24. The lowest BCUT2D eigenvalue weighted by Gasteiger charge is -1.84. The van der Waals surface area contributed by atoms with E-state index >= 15 is 0 Å². The SMILES string of the molecule is NC(=O)c1cscc1F. The van der Waals surface area contributed by atoms with Crippen molar-refractivity contribution in [2.75, 3.05) is 0 Å². The van der Waals surface area contributed by atoms with Crippen LogP contribution in [0, 0.1) is 5.82 Å². The predicted octanol–water partition coefficient (Wildman–Crippen LogP) is 0.986. The highest BCUT2D eigenvalue weighted by Gasteiger charge is 2.06. The first kappa shape index (κ1) is 6.22. The number of thiophene rings is 1. The van der Waals surface area contributed by atoms with Gasteiger partial charge in [0.05, 0.1) is 5.56 Å². The molecule has 0 spiro atoms. The van der Waals surface area contributed by atoms with Crippen molar-refractivity contribution in [2.45, 2.75) is 0 Å². The Morgan fingerprint density at radius 2 is 2.33 bits per heavy atom. The number of rotatable bonds is 1. The fourth-order valence-corrected chi connectivity index (χ4v) is 1.14. The molecule has 2 nitrogen and oxygen atoms in total. The summed E-state index contributed by atoms with van der Waals surface area (Å²) in [6.45, 7) is 0. The summed E-state index contributed by atoms with van der Waals surface area (Å²) in [6, 6.07) is 0. The van der Waals surface area contributed by atoms with Crippen molar-refractivity contribution >= 4 is 17.2 Å². The molecule has 0 atom stereocenters. The number of hydrogen-bond acceptors (Lipinski definition) is 2. The van der Waals surface area contributed by atoms with Crippen molar-refractivity contribution in [2.24, 2.45) is 5.73 Å². The zero-order chi connectivity index (χ0) is 6.85. The van der Waals surface area contributed by atoms with Crippen LogP contribution in [-0.2, 0) is 0 Å². The second kappa shape index (κ2) is 2.14. The first-order chi connectivity index (χ1) is 4.22. The number of nitrogens with two attached hydrogens (primary N) is 1. The Balaban J connectivity index is 3.08. The highest BCUT2D eigenvalue weighted by Crippen LogP contribution is 2.11. The number of amides is 1. The van der Waals surface area contributed by atoms with Crippen molar-refractivity contribution in [1.82, 2.24) is 0 Å². The van der Waals surface area contributed by atoms with E-state index in [1.807, 2.05) is 0 Å². The molecule has 9 heavy (non-hydrogen) atoms. The molecule has 0 aliphatic rings. The first-order valence-corrected chi connectivity index (χ1v) is 3.17. The van der Waals surface area contributed by atoms with Gasteiger partial charge in [0, 0.05) is 10.8 Å². The van der Waals surface area contributed by atoms with Crippen LogP contribution in [-0.4, -0.2) is 5.91 Å². The monoisotopic (exact) mass is 145 g/mol. The molecule has 0 bridgehead atoms. The van der Waals surface area contributed by atoms with Crippen LogP contribution in [0.1, 0.15) is 10.4 Å². The van der Waals surface area contributed by atoms with E-state index in [2.05, 4.69) is 0 Å². The van der Waals surface area contributed by atoms with E-state index in [0.29, 0.717) is 0 Å². The minimum atomic E-state index is -0.714. The molecule has 1 rings (SSSR count). The number of carbonyl (C=O) groups is 1. The molecule has 1 aromatic rings. The molecule has 0 saturated carbocycles. The van der Waals surface area contributed by atoms with Crippen LogP contribution in [0.25, 0.3) is 0 Å². The average Bonchev–Trinajstić information content (AvgIpc) is 2.13. The van der Waals surface area contributed by atoms with Gasteiger partial charge in [0.2, 0.25) is 0 Å². The minimum absolute atomic E-state index is 0.0278. The molecule has 4 heteroatoms. The molecule has 0 saturated heterocycles. The number of halogens is 1. The lowest BCUT2D eigenvalue weighted by Crippen LogP contribution is -2.10. The maximum Gasteiger partial charge on any atom is 0.252 e. The summed E-state index contributed by atoms with van der Waals surface area (Å²) in [4.78, 5) is 10.3. The van der Waals surface area contributed by atoms with E-state index in [1.54, 1.807) is 0 Å². The highest BCUT2D eigenvalue weighted by molar-refractivity contribution is 7.08. The summed E-state index contributed by atoms with van der Waals surface area (Å²) < 4.78 is 12.3. The van der Waals surface area contributed by atoms with Gasteiger partial charge in [0.1, 0.15) is 5.82 Å². The molecule has 0 unspecified atom stereocenters. The third-order valence-electron chi connectivity index (χ3n) is 0.880. The van der Waals surface area contributed by atoms with Crippen molar-refractivity contribution in [1.29, 1.82) is 0 Å². The normalized spacial score (nSPS) is 9.44. The molecule has 1 heterocycles. The maximum absolute atomic E-state index is 12.3. The van der Waals surface area contributed by atoms with Crippen molar-refractivity contribution in [3.05, 3.63) is 22.1 Å². The first-order valence-electron chi connectivity index (χ1n) is 2.23. The molecule has 0 aliphatic carbocycles. The van der Waals surface area contributed by atoms with Gasteiger partial charge in [0.15, 0.2) is 0 Å². The molecule has 1 amide bonds. The van der Waals surface area contributed by atoms with Crippen LogP contribution < -0.4 is 5.73 Å². The summed E-state index contributed by atoms with van der Waals surface area (Å²) >= 11 is 1.12. The Bertz CT molecular complexity index is 233. The molecular formula is C5H4FNOS. The van der Waals surface area contributed by atoms with Crippen LogP contribution in [0.5, 0.6) is 0 Å². The molecule has 0 fully saturated rings. The van der Waals surface area contributed by atoms with Crippen LogP contribution in [0.2, 0.25) is 0 Å². The van der Waals surface area contributed by atoms with Crippen molar-refractivity contribution in [3.8, 4) is 0 Å². The molecule has 1 aromatic heterocycles. The molecule has 48 valence electrons. The fraction of sp³-hybridized carbons (Fsp3) is 0. The van der Waals surface area contributed by atoms with E-state index in [1.165, 1.54) is 10.8 Å². The third-order valence-corrected chi connectivity index (χ3v) is 1.59. The number of hydrogen-bond donors (Lipinski definition) is 1. The topological polar surface area (TPSA) is 43.1 Å². The van der Waals surface area contributed by atoms with E-state index in [-0.39, 0.29) is 5.56 Å². The fourth-order valence-electron chi connectivity index (χ4n) is 0.457. The van der Waals surface area contributed by atoms with Gasteiger partial charge in [-0.05, 0) is 0 Å². The summed E-state index contributed by atoms with van der Waals surface area (Å²) in [6.07, 6.45) is 0. The summed E-state index contributed by atoms with van der Waals surface area (Å²) in [5.74, 6) is -1.25. The Labute approximate surface area is 55.1 Å². The molecule has 0 aliphatic heterocycles. The Hall–Kier alpha value is -0.900. The van der Waals surface area contributed by atoms with Gasteiger partial charge in [-0.25, -0.2) is 4.39 Å². The van der Waals surface area contributed by atoms with Gasteiger partial charge < -0.3 is 5.73 Å². The Kier molecular flexibility index (Phi) is 1.48. The zero-order valence-electron chi connectivity index (χ0n) is 4.43. The van der Waals surface area contributed by atoms with E-state index in [9.17, 15) is 9.18 Å². The minimum Gasteiger partial charge on any atom is -0.365 e. The van der Waals surface area contributed by atoms with Gasteiger partial charge >= 0.3 is 0 Å². The quantitative estimate of drug-likeness (QED) is 0.629. The van der Waals surface area contributed by atoms with Crippen LogP contribution in [0.15, 0.2) is 10.8 Å². The number of carbonyl (C=O) groups excluding carboxylic acids is 1. The second-order valence-corrected chi connectivity index (χ2v) is 2.24. The van der Waals surface area contributed by atoms with Gasteiger partial charge in [-0.15, -0.1) is 11.3 Å². The Morgan fingerprint density at radius 1 is 1.67 bits per heavy atom. The number of primary amides is 1. The van der Waals surface area contributed by atoms with Crippen molar-refractivity contribution < 1.29 is 9.18 Å². The van der Waals surface area contributed by atoms with E-state index < -0.39 is 11.7 Å². The molecule has 2 N–H and O–H groups in total. The summed E-state index contributed by atoms with van der Waals surface area (Å²) in [7, 11) is 0. The summed E-state index contributed by atoms with van der Waals surface area (Å²) in [5.41, 5.74) is 4.76. The largest absolute Gasteiger partial charge is 0.365 e. The highest BCUT2D eigenvalue weighted by atomic mass is 32.1. The van der Waals surface area contributed by atoms with Crippen LogP contribution in [0.3, 0.4) is 0 Å². The summed E-state index contributed by atoms with van der Waals surface area (Å²) in [5, 5.41) is 2.62. The lowest BCUT2D eigenvalue weighted by atomic mass is 10.3. The Morgan fingerprint density at radius 3 is 2.56 bits per heavy atom.